The molecule has 1 aromatic rings. The van der Waals surface area contributed by atoms with Gasteiger partial charge in [-0.05, 0) is 17.2 Å². The Kier molecular flexibility index (Phi) is 2.44. The van der Waals surface area contributed by atoms with Gasteiger partial charge in [-0.15, -0.1) is 0 Å². The van der Waals surface area contributed by atoms with Crippen molar-refractivity contribution in [3.05, 3.63) is 55.2 Å². The van der Waals surface area contributed by atoms with Gasteiger partial charge < -0.3 is 15.1 Å². The number of aliphatic carboxylic acids is 1. The van der Waals surface area contributed by atoms with Crippen LogP contribution in [-0.4, -0.2) is 21.0 Å². The van der Waals surface area contributed by atoms with Gasteiger partial charge in [0.25, 0.3) is 0 Å². The Labute approximate surface area is 112 Å². The number of aromatic nitrogens is 2. The Morgan fingerprint density at radius 3 is 2.70 bits per heavy atom. The first-order chi connectivity index (χ1) is 9.40. The largest absolute Gasteiger partial charge is 0.481 e. The quantitative estimate of drug-likeness (QED) is 0.600. The fraction of sp³-hybridized carbons (Fsp3) is 0.214. The lowest BCUT2D eigenvalue weighted by atomic mass is 9.74. The number of hydrogen-bond donors (Lipinski definition) is 3. The number of allylic oxidation sites excluding steroid dienone is 4. The molecule has 0 saturated heterocycles. The van der Waals surface area contributed by atoms with Crippen molar-refractivity contribution in [3.8, 4) is 0 Å². The van der Waals surface area contributed by atoms with Crippen LogP contribution in [0, 0.1) is 5.41 Å². The molecule has 0 fully saturated rings. The van der Waals surface area contributed by atoms with Crippen molar-refractivity contribution in [1.82, 2.24) is 9.97 Å². The Hall–Kier alpha value is -2.63. The lowest BCUT2D eigenvalue weighted by molar-refractivity contribution is -0.138. The van der Waals surface area contributed by atoms with Crippen LogP contribution in [0.4, 0.5) is 0 Å². The first-order valence-corrected chi connectivity index (χ1v) is 6.11. The maximum Gasteiger partial charge on any atom is 0.314 e. The number of nitrogens with one attached hydrogen (secondary N) is 2. The number of H-pyrrole nitrogens is 2. The molecule has 3 N–H and O–H groups in total. The normalized spacial score (nSPS) is 22.9. The van der Waals surface area contributed by atoms with Crippen molar-refractivity contribution in [2.75, 3.05) is 0 Å². The van der Waals surface area contributed by atoms with Gasteiger partial charge in [0.1, 0.15) is 0 Å². The van der Waals surface area contributed by atoms with E-state index in [2.05, 4.69) is 9.97 Å². The van der Waals surface area contributed by atoms with Gasteiger partial charge in [-0.2, -0.15) is 0 Å². The number of hydrogen-bond acceptors (Lipinski definition) is 3. The summed E-state index contributed by atoms with van der Waals surface area (Å²) in [5.41, 5.74) is -0.640. The van der Waals surface area contributed by atoms with Crippen molar-refractivity contribution < 1.29 is 9.90 Å². The van der Waals surface area contributed by atoms with E-state index in [1.807, 2.05) is 6.08 Å². The Morgan fingerprint density at radius 1 is 1.30 bits per heavy atom. The summed E-state index contributed by atoms with van der Waals surface area (Å²) in [4.78, 5) is 39.0. The molecule has 1 atom stereocenters. The molecule has 0 spiro atoms. The van der Waals surface area contributed by atoms with E-state index >= 15 is 0 Å². The fourth-order valence-corrected chi connectivity index (χ4v) is 2.81. The van der Waals surface area contributed by atoms with E-state index in [4.69, 9.17) is 5.11 Å². The van der Waals surface area contributed by atoms with Gasteiger partial charge in [0, 0.05) is 5.41 Å². The molecule has 1 aromatic heterocycles. The molecule has 1 heterocycles. The third-order valence-corrected chi connectivity index (χ3v) is 3.63. The number of carboxylic acid groups (broad SMARTS) is 1. The van der Waals surface area contributed by atoms with Crippen LogP contribution < -0.4 is 21.8 Å². The number of fused-ring (bicyclic) bond motifs is 2. The van der Waals surface area contributed by atoms with Crippen LogP contribution in [-0.2, 0) is 4.79 Å². The van der Waals surface area contributed by atoms with Gasteiger partial charge >= 0.3 is 17.1 Å². The number of carbonyl (C=O) groups is 1. The molecule has 6 nitrogen and oxygen atoms in total. The smallest absolute Gasteiger partial charge is 0.314 e. The first kappa shape index (κ1) is 12.4. The van der Waals surface area contributed by atoms with E-state index in [-0.39, 0.29) is 6.42 Å². The molecule has 1 unspecified atom stereocenters. The predicted molar refractivity (Wildman–Crippen MR) is 72.4 cm³/mol. The van der Waals surface area contributed by atoms with Gasteiger partial charge in [-0.1, -0.05) is 25.2 Å². The Balaban J connectivity index is 2.39. The summed E-state index contributed by atoms with van der Waals surface area (Å²) >= 11 is 0. The predicted octanol–water partition coefficient (Wildman–Crippen LogP) is -1.01. The summed E-state index contributed by atoms with van der Waals surface area (Å²) in [6, 6.07) is 0. The summed E-state index contributed by atoms with van der Waals surface area (Å²) < 4.78 is 0. The molecule has 3 rings (SSSR count). The highest BCUT2D eigenvalue weighted by molar-refractivity contribution is 5.88. The van der Waals surface area contributed by atoms with Gasteiger partial charge in [0.15, 0.2) is 0 Å². The molecular formula is C14H12N2O4. The average molecular weight is 272 g/mol. The van der Waals surface area contributed by atoms with Crippen LogP contribution in [0.5, 0.6) is 0 Å². The summed E-state index contributed by atoms with van der Waals surface area (Å²) in [5.74, 6) is -0.925. The summed E-state index contributed by atoms with van der Waals surface area (Å²) in [6.07, 6.45) is 7.07. The summed E-state index contributed by atoms with van der Waals surface area (Å²) in [6.45, 7) is 1.80. The first-order valence-electron chi connectivity index (χ1n) is 6.11. The highest BCUT2D eigenvalue weighted by Gasteiger charge is 2.35. The van der Waals surface area contributed by atoms with Crippen molar-refractivity contribution >= 4 is 17.6 Å². The number of rotatable bonds is 2. The highest BCUT2D eigenvalue weighted by Crippen LogP contribution is 2.41. The second-order valence-electron chi connectivity index (χ2n) is 5.19. The van der Waals surface area contributed by atoms with Crippen LogP contribution in [0.15, 0.2) is 33.4 Å². The van der Waals surface area contributed by atoms with Crippen LogP contribution in [0.2, 0.25) is 0 Å². The molecule has 0 saturated carbocycles. The molecule has 2 aliphatic rings. The van der Waals surface area contributed by atoms with E-state index in [9.17, 15) is 14.4 Å². The molecule has 102 valence electrons. The van der Waals surface area contributed by atoms with Crippen LogP contribution in [0.3, 0.4) is 0 Å². The van der Waals surface area contributed by atoms with Crippen LogP contribution >= 0.6 is 0 Å². The Bertz CT molecular complexity index is 914. The van der Waals surface area contributed by atoms with E-state index in [1.54, 1.807) is 25.2 Å². The summed E-state index contributed by atoms with van der Waals surface area (Å²) in [7, 11) is 0. The van der Waals surface area contributed by atoms with E-state index < -0.39 is 22.5 Å². The second-order valence-corrected chi connectivity index (χ2v) is 5.19. The van der Waals surface area contributed by atoms with Crippen molar-refractivity contribution in [2.24, 2.45) is 5.41 Å². The van der Waals surface area contributed by atoms with E-state index in [0.29, 0.717) is 10.7 Å². The fourth-order valence-electron chi connectivity index (χ4n) is 2.81. The second kappa shape index (κ2) is 3.93. The number of aromatic amines is 2. The van der Waals surface area contributed by atoms with E-state index in [1.165, 1.54) is 0 Å². The van der Waals surface area contributed by atoms with Crippen molar-refractivity contribution in [1.29, 1.82) is 0 Å². The van der Waals surface area contributed by atoms with Crippen molar-refractivity contribution in [2.45, 2.75) is 13.3 Å². The molecule has 2 aliphatic carbocycles. The van der Waals surface area contributed by atoms with Gasteiger partial charge in [-0.25, -0.2) is 0 Å². The minimum atomic E-state index is -0.925. The van der Waals surface area contributed by atoms with Crippen molar-refractivity contribution in [3.63, 3.8) is 0 Å². The summed E-state index contributed by atoms with van der Waals surface area (Å²) in [5, 5.41) is 10.1. The minimum Gasteiger partial charge on any atom is -0.481 e. The Morgan fingerprint density at radius 2 is 2.00 bits per heavy atom. The zero-order valence-corrected chi connectivity index (χ0v) is 10.7. The third-order valence-electron chi connectivity index (χ3n) is 3.63. The monoisotopic (exact) mass is 272 g/mol. The maximum absolute atomic E-state index is 11.5. The SMILES string of the molecule is CC1(CC(=O)O)C=CC=C2C=c3[nH]c(=O)c(=O)[nH]c3=C21. The molecule has 0 amide bonds. The topological polar surface area (TPSA) is 103 Å². The van der Waals surface area contributed by atoms with Gasteiger partial charge in [0.05, 0.1) is 17.1 Å². The molecule has 0 aromatic carbocycles. The molecule has 6 heteroatoms. The molecular weight excluding hydrogens is 260 g/mol. The zero-order chi connectivity index (χ0) is 14.5. The average Bonchev–Trinajstić information content (AvgIpc) is 2.67. The lowest BCUT2D eigenvalue weighted by Gasteiger charge is -2.29. The molecule has 0 aliphatic heterocycles. The minimum absolute atomic E-state index is 0.0926. The number of carboxylic acids is 1. The van der Waals surface area contributed by atoms with Gasteiger partial charge in [-0.3, -0.25) is 14.4 Å². The lowest BCUT2D eigenvalue weighted by Crippen LogP contribution is -2.47. The van der Waals surface area contributed by atoms with Gasteiger partial charge in [0.2, 0.25) is 0 Å². The standard InChI is InChI=1S/C14H12N2O4/c1-14(6-9(17)18)4-2-3-7-5-8-11(10(7)14)16-13(20)12(19)15-8/h2-5H,6H2,1H3,(H,15,19)(H,16,20)(H,17,18). The van der Waals surface area contributed by atoms with E-state index in [0.717, 1.165) is 11.1 Å². The maximum atomic E-state index is 11.5. The molecule has 0 radical (unpaired) electrons. The molecule has 0 bridgehead atoms. The van der Waals surface area contributed by atoms with Crippen LogP contribution in [0.1, 0.15) is 13.3 Å². The van der Waals surface area contributed by atoms with Crippen LogP contribution in [0.25, 0.3) is 11.6 Å². The molecule has 20 heavy (non-hydrogen) atoms. The third kappa shape index (κ3) is 1.69. The highest BCUT2D eigenvalue weighted by atomic mass is 16.4. The zero-order valence-electron chi connectivity index (χ0n) is 10.7.